The fraction of sp³-hybridized carbons (Fsp3) is 0.600. The third kappa shape index (κ3) is 7.93. The standard InChI is InChI=1S/C20H32N4O4S.HI/c1-6-15(14-29(26,27)17-10-8-7-9-11-17)22-18(21-5)23-16-12-24(13-16)19(25)28-20(2,3)4;/h7-11,15-16H,6,12-14H2,1-5H3,(H2,21,22,23);1H. The Bertz CT molecular complexity index is 819. The fourth-order valence-corrected chi connectivity index (χ4v) is 4.47. The van der Waals surface area contributed by atoms with E-state index >= 15 is 0 Å². The number of rotatable bonds is 6. The highest BCUT2D eigenvalue weighted by Crippen LogP contribution is 2.15. The summed E-state index contributed by atoms with van der Waals surface area (Å²) < 4.78 is 30.6. The van der Waals surface area contributed by atoms with Crippen LogP contribution < -0.4 is 10.6 Å². The molecule has 0 saturated carbocycles. The average molecular weight is 552 g/mol. The van der Waals surface area contributed by atoms with Gasteiger partial charge < -0.3 is 20.3 Å². The molecule has 0 spiro atoms. The molecule has 0 bridgehead atoms. The van der Waals surface area contributed by atoms with E-state index in [0.29, 0.717) is 30.4 Å². The molecule has 1 aromatic carbocycles. The molecule has 1 unspecified atom stereocenters. The van der Waals surface area contributed by atoms with Crippen molar-refractivity contribution in [3.05, 3.63) is 30.3 Å². The number of halogens is 1. The first-order valence-electron chi connectivity index (χ1n) is 9.79. The maximum absolute atomic E-state index is 12.6. The fourth-order valence-electron chi connectivity index (χ4n) is 2.85. The van der Waals surface area contributed by atoms with Gasteiger partial charge in [0, 0.05) is 26.2 Å². The highest BCUT2D eigenvalue weighted by Gasteiger charge is 2.34. The number of sulfone groups is 1. The third-order valence-electron chi connectivity index (χ3n) is 4.45. The number of likely N-dealkylation sites (tertiary alicyclic amines) is 1. The minimum atomic E-state index is -3.40. The molecule has 1 fully saturated rings. The van der Waals surface area contributed by atoms with Gasteiger partial charge in [-0.2, -0.15) is 0 Å². The van der Waals surface area contributed by atoms with Crippen molar-refractivity contribution < 1.29 is 17.9 Å². The van der Waals surface area contributed by atoms with Gasteiger partial charge in [-0.1, -0.05) is 25.1 Å². The van der Waals surface area contributed by atoms with Gasteiger partial charge in [-0.15, -0.1) is 24.0 Å². The molecule has 2 rings (SSSR count). The summed E-state index contributed by atoms with van der Waals surface area (Å²) in [6.07, 6.45) is 0.292. The number of guanidine groups is 1. The predicted molar refractivity (Wildman–Crippen MR) is 129 cm³/mol. The van der Waals surface area contributed by atoms with Crippen molar-refractivity contribution in [1.29, 1.82) is 0 Å². The van der Waals surface area contributed by atoms with Crippen LogP contribution in [-0.4, -0.2) is 68.9 Å². The second kappa shape index (κ2) is 11.2. The first kappa shape index (κ1) is 26.5. The summed E-state index contributed by atoms with van der Waals surface area (Å²) in [5.74, 6) is 0.497. The number of carbonyl (C=O) groups is 1. The quantitative estimate of drug-likeness (QED) is 0.320. The van der Waals surface area contributed by atoms with Crippen LogP contribution in [0.5, 0.6) is 0 Å². The molecule has 1 heterocycles. The van der Waals surface area contributed by atoms with Gasteiger partial charge >= 0.3 is 6.09 Å². The van der Waals surface area contributed by atoms with Crippen molar-refractivity contribution in [3.8, 4) is 0 Å². The van der Waals surface area contributed by atoms with Gasteiger partial charge in [-0.25, -0.2) is 13.2 Å². The maximum atomic E-state index is 12.6. The molecule has 8 nitrogen and oxygen atoms in total. The number of ether oxygens (including phenoxy) is 1. The van der Waals surface area contributed by atoms with E-state index in [4.69, 9.17) is 4.74 Å². The minimum absolute atomic E-state index is 0. The first-order chi connectivity index (χ1) is 13.5. The lowest BCUT2D eigenvalue weighted by molar-refractivity contribution is 0.00699. The van der Waals surface area contributed by atoms with Gasteiger partial charge in [-0.3, -0.25) is 4.99 Å². The maximum Gasteiger partial charge on any atom is 0.410 e. The van der Waals surface area contributed by atoms with Crippen LogP contribution in [0.25, 0.3) is 0 Å². The summed E-state index contributed by atoms with van der Waals surface area (Å²) in [5.41, 5.74) is -0.522. The number of nitrogens with zero attached hydrogens (tertiary/aromatic N) is 2. The molecule has 10 heteroatoms. The Hall–Kier alpha value is -1.56. The number of carbonyl (C=O) groups excluding carboxylic acids is 1. The van der Waals surface area contributed by atoms with E-state index in [2.05, 4.69) is 15.6 Å². The van der Waals surface area contributed by atoms with E-state index in [1.54, 1.807) is 42.3 Å². The zero-order valence-electron chi connectivity index (χ0n) is 18.2. The van der Waals surface area contributed by atoms with E-state index in [1.165, 1.54) is 0 Å². The number of nitrogens with one attached hydrogen (secondary N) is 2. The zero-order valence-corrected chi connectivity index (χ0v) is 21.4. The Morgan fingerprint density at radius 1 is 1.27 bits per heavy atom. The predicted octanol–water partition coefficient (Wildman–Crippen LogP) is 2.64. The molecule has 0 radical (unpaired) electrons. The van der Waals surface area contributed by atoms with E-state index in [1.807, 2.05) is 27.7 Å². The Balaban J connectivity index is 0.00000450. The highest BCUT2D eigenvalue weighted by molar-refractivity contribution is 14.0. The number of benzene rings is 1. The van der Waals surface area contributed by atoms with Crippen molar-refractivity contribution in [2.75, 3.05) is 25.9 Å². The molecular weight excluding hydrogens is 519 g/mol. The van der Waals surface area contributed by atoms with Crippen LogP contribution in [0.2, 0.25) is 0 Å². The largest absolute Gasteiger partial charge is 0.444 e. The molecule has 1 saturated heterocycles. The summed E-state index contributed by atoms with van der Waals surface area (Å²) in [7, 11) is -1.76. The molecular formula is C20H33IN4O4S. The third-order valence-corrected chi connectivity index (χ3v) is 6.29. The van der Waals surface area contributed by atoms with Crippen LogP contribution in [0, 0.1) is 0 Å². The van der Waals surface area contributed by atoms with Gasteiger partial charge in [0.2, 0.25) is 0 Å². The van der Waals surface area contributed by atoms with Crippen molar-refractivity contribution in [3.63, 3.8) is 0 Å². The van der Waals surface area contributed by atoms with Crippen LogP contribution >= 0.6 is 24.0 Å². The summed E-state index contributed by atoms with van der Waals surface area (Å²) >= 11 is 0. The summed E-state index contributed by atoms with van der Waals surface area (Å²) in [4.78, 5) is 18.1. The van der Waals surface area contributed by atoms with Crippen LogP contribution in [0.4, 0.5) is 4.79 Å². The summed E-state index contributed by atoms with van der Waals surface area (Å²) in [5, 5.41) is 6.42. The number of aliphatic imine (C=N–C) groups is 1. The number of hydrogen-bond donors (Lipinski definition) is 2. The summed E-state index contributed by atoms with van der Waals surface area (Å²) in [6.45, 7) is 8.45. The van der Waals surface area contributed by atoms with Crippen LogP contribution in [0.3, 0.4) is 0 Å². The molecule has 1 amide bonds. The van der Waals surface area contributed by atoms with Gasteiger partial charge in [0.05, 0.1) is 16.7 Å². The van der Waals surface area contributed by atoms with Crippen molar-refractivity contribution in [1.82, 2.24) is 15.5 Å². The smallest absolute Gasteiger partial charge is 0.410 e. The van der Waals surface area contributed by atoms with Crippen molar-refractivity contribution >= 4 is 45.9 Å². The lowest BCUT2D eigenvalue weighted by atomic mass is 10.1. The molecule has 170 valence electrons. The highest BCUT2D eigenvalue weighted by atomic mass is 127. The Morgan fingerprint density at radius 3 is 2.37 bits per heavy atom. The van der Waals surface area contributed by atoms with Gasteiger partial charge in [0.1, 0.15) is 5.60 Å². The van der Waals surface area contributed by atoms with Crippen LogP contribution in [0.15, 0.2) is 40.2 Å². The molecule has 0 aliphatic carbocycles. The topological polar surface area (TPSA) is 100 Å². The molecule has 30 heavy (non-hydrogen) atoms. The molecule has 1 aliphatic rings. The van der Waals surface area contributed by atoms with Gasteiger partial charge in [-0.05, 0) is 39.3 Å². The molecule has 1 atom stereocenters. The SMILES string of the molecule is CCC(CS(=O)(=O)c1ccccc1)NC(=NC)NC1CN(C(=O)OC(C)(C)C)C1.I. The Kier molecular flexibility index (Phi) is 9.86. The molecule has 1 aliphatic heterocycles. The molecule has 2 N–H and O–H groups in total. The lowest BCUT2D eigenvalue weighted by Crippen LogP contribution is -2.63. The van der Waals surface area contributed by atoms with E-state index in [0.717, 1.165) is 0 Å². The van der Waals surface area contributed by atoms with Crippen molar-refractivity contribution in [2.45, 2.75) is 56.7 Å². The number of amides is 1. The second-order valence-corrected chi connectivity index (χ2v) is 10.2. The average Bonchev–Trinajstić information content (AvgIpc) is 2.61. The molecule has 0 aromatic heterocycles. The van der Waals surface area contributed by atoms with E-state index in [9.17, 15) is 13.2 Å². The Morgan fingerprint density at radius 2 is 1.87 bits per heavy atom. The van der Waals surface area contributed by atoms with Crippen LogP contribution in [0.1, 0.15) is 34.1 Å². The minimum Gasteiger partial charge on any atom is -0.444 e. The first-order valence-corrected chi connectivity index (χ1v) is 11.4. The van der Waals surface area contributed by atoms with E-state index < -0.39 is 15.4 Å². The monoisotopic (exact) mass is 552 g/mol. The van der Waals surface area contributed by atoms with Crippen molar-refractivity contribution in [2.24, 2.45) is 4.99 Å². The second-order valence-electron chi connectivity index (χ2n) is 8.14. The summed E-state index contributed by atoms with van der Waals surface area (Å²) in [6, 6.07) is 8.19. The van der Waals surface area contributed by atoms with Gasteiger partial charge in [0.25, 0.3) is 0 Å². The zero-order chi connectivity index (χ0) is 21.7. The molecule has 1 aromatic rings. The lowest BCUT2D eigenvalue weighted by Gasteiger charge is -2.40. The Labute approximate surface area is 196 Å². The normalized spacial score (nSPS) is 16.2. The van der Waals surface area contributed by atoms with Crippen LogP contribution in [-0.2, 0) is 14.6 Å². The number of hydrogen-bond acceptors (Lipinski definition) is 5. The van der Waals surface area contributed by atoms with E-state index in [-0.39, 0.29) is 47.9 Å². The van der Waals surface area contributed by atoms with Gasteiger partial charge in [0.15, 0.2) is 15.8 Å².